The number of carbonyl (C=O) groups is 1. The van der Waals surface area contributed by atoms with Crippen LogP contribution < -0.4 is 15.5 Å². The monoisotopic (exact) mass is 360 g/mol. The number of ether oxygens (including phenoxy) is 1. The molecule has 0 saturated heterocycles. The SMILES string of the molecule is CC(C)COc1c[nH]c(CNC(=O)/C=C/c2ccc(Cl)cc2)cc1=O. The minimum Gasteiger partial charge on any atom is -0.488 e. The molecule has 1 heterocycles. The Bertz CT molecular complexity index is 795. The van der Waals surface area contributed by atoms with Crippen LogP contribution in [0, 0.1) is 5.92 Å². The van der Waals surface area contributed by atoms with Gasteiger partial charge in [-0.25, -0.2) is 0 Å². The van der Waals surface area contributed by atoms with Crippen molar-refractivity contribution in [3.8, 4) is 5.75 Å². The average Bonchev–Trinajstić information content (AvgIpc) is 2.58. The van der Waals surface area contributed by atoms with Gasteiger partial charge in [0.15, 0.2) is 5.75 Å². The number of H-pyrrole nitrogens is 1. The fourth-order valence-electron chi connectivity index (χ4n) is 1.96. The first kappa shape index (κ1) is 18.8. The minimum atomic E-state index is -0.254. The van der Waals surface area contributed by atoms with Gasteiger partial charge in [0.05, 0.1) is 13.2 Å². The molecular weight excluding hydrogens is 340 g/mol. The molecule has 1 amide bonds. The highest BCUT2D eigenvalue weighted by Crippen LogP contribution is 2.10. The molecule has 0 saturated carbocycles. The lowest BCUT2D eigenvalue weighted by molar-refractivity contribution is -0.116. The molecule has 1 aromatic carbocycles. The topological polar surface area (TPSA) is 71.2 Å². The summed E-state index contributed by atoms with van der Waals surface area (Å²) >= 11 is 5.81. The van der Waals surface area contributed by atoms with Crippen LogP contribution in [0.25, 0.3) is 6.08 Å². The van der Waals surface area contributed by atoms with E-state index in [1.165, 1.54) is 18.3 Å². The van der Waals surface area contributed by atoms with Gasteiger partial charge in [-0.15, -0.1) is 0 Å². The van der Waals surface area contributed by atoms with Crippen LogP contribution >= 0.6 is 11.6 Å². The van der Waals surface area contributed by atoms with Crippen molar-refractivity contribution < 1.29 is 9.53 Å². The van der Waals surface area contributed by atoms with E-state index >= 15 is 0 Å². The summed E-state index contributed by atoms with van der Waals surface area (Å²) < 4.78 is 5.42. The number of hydrogen-bond acceptors (Lipinski definition) is 3. The molecule has 2 N–H and O–H groups in total. The van der Waals surface area contributed by atoms with Crippen LogP contribution in [0.4, 0.5) is 0 Å². The van der Waals surface area contributed by atoms with Crippen LogP contribution in [0.15, 0.2) is 47.4 Å². The van der Waals surface area contributed by atoms with Gasteiger partial charge in [0, 0.05) is 29.1 Å². The van der Waals surface area contributed by atoms with Gasteiger partial charge in [0.2, 0.25) is 11.3 Å². The summed E-state index contributed by atoms with van der Waals surface area (Å²) in [6.45, 7) is 4.73. The standard InChI is InChI=1S/C19H21ClN2O3/c1-13(2)12-25-18-11-21-16(9-17(18)23)10-22-19(24)8-5-14-3-6-15(20)7-4-14/h3-9,11,13H,10,12H2,1-2H3,(H,21,23)(H,22,24)/b8-5+. The molecule has 0 atom stereocenters. The molecule has 6 heteroatoms. The van der Waals surface area contributed by atoms with Crippen LogP contribution in [0.3, 0.4) is 0 Å². The maximum Gasteiger partial charge on any atom is 0.244 e. The highest BCUT2D eigenvalue weighted by atomic mass is 35.5. The number of halogens is 1. The first-order valence-electron chi connectivity index (χ1n) is 8.00. The Morgan fingerprint density at radius 2 is 2.04 bits per heavy atom. The molecule has 0 aliphatic rings. The number of hydrogen-bond donors (Lipinski definition) is 2. The number of pyridine rings is 1. The third kappa shape index (κ3) is 6.47. The van der Waals surface area contributed by atoms with Gasteiger partial charge >= 0.3 is 0 Å². The van der Waals surface area contributed by atoms with Crippen molar-refractivity contribution in [2.24, 2.45) is 5.92 Å². The largest absolute Gasteiger partial charge is 0.488 e. The lowest BCUT2D eigenvalue weighted by atomic mass is 10.2. The Balaban J connectivity index is 1.88. The van der Waals surface area contributed by atoms with Crippen molar-refractivity contribution in [3.05, 3.63) is 69.1 Å². The predicted molar refractivity (Wildman–Crippen MR) is 99.7 cm³/mol. The number of aromatic amines is 1. The molecule has 0 aliphatic carbocycles. The molecule has 0 radical (unpaired) electrons. The quantitative estimate of drug-likeness (QED) is 0.743. The number of aromatic nitrogens is 1. The van der Waals surface area contributed by atoms with Gasteiger partial charge < -0.3 is 15.0 Å². The van der Waals surface area contributed by atoms with E-state index in [0.29, 0.717) is 23.2 Å². The number of carbonyl (C=O) groups excluding carboxylic acids is 1. The summed E-state index contributed by atoms with van der Waals surface area (Å²) in [7, 11) is 0. The third-order valence-corrected chi connectivity index (χ3v) is 3.51. The van der Waals surface area contributed by atoms with Crippen molar-refractivity contribution in [1.82, 2.24) is 10.3 Å². The van der Waals surface area contributed by atoms with Crippen molar-refractivity contribution in [2.45, 2.75) is 20.4 Å². The molecule has 0 fully saturated rings. The van der Waals surface area contributed by atoms with E-state index in [1.54, 1.807) is 18.2 Å². The number of benzene rings is 1. The number of rotatable bonds is 7. The molecule has 132 valence electrons. The van der Waals surface area contributed by atoms with Gasteiger partial charge in [0.1, 0.15) is 0 Å². The zero-order valence-electron chi connectivity index (χ0n) is 14.2. The van der Waals surface area contributed by atoms with Crippen LogP contribution in [0.5, 0.6) is 5.75 Å². The second-order valence-electron chi connectivity index (χ2n) is 5.99. The molecule has 5 nitrogen and oxygen atoms in total. The molecule has 0 aliphatic heterocycles. The summed E-state index contributed by atoms with van der Waals surface area (Å²) in [5.74, 6) is 0.369. The fourth-order valence-corrected chi connectivity index (χ4v) is 2.08. The molecule has 0 spiro atoms. The Morgan fingerprint density at radius 3 is 2.68 bits per heavy atom. The van der Waals surface area contributed by atoms with Gasteiger partial charge in [-0.2, -0.15) is 0 Å². The second kappa shape index (κ2) is 9.08. The van der Waals surface area contributed by atoms with Gasteiger partial charge in [-0.05, 0) is 29.7 Å². The van der Waals surface area contributed by atoms with Crippen LogP contribution in [-0.4, -0.2) is 17.5 Å². The number of nitrogens with one attached hydrogen (secondary N) is 2. The highest BCUT2D eigenvalue weighted by Gasteiger charge is 2.04. The average molecular weight is 361 g/mol. The maximum absolute atomic E-state index is 12.0. The second-order valence-corrected chi connectivity index (χ2v) is 6.43. The smallest absolute Gasteiger partial charge is 0.244 e. The Hall–Kier alpha value is -2.53. The van der Waals surface area contributed by atoms with Crippen molar-refractivity contribution >= 4 is 23.6 Å². The summed E-state index contributed by atoms with van der Waals surface area (Å²) in [6.07, 6.45) is 4.65. The van der Waals surface area contributed by atoms with Gasteiger partial charge in [-0.1, -0.05) is 37.6 Å². The van der Waals surface area contributed by atoms with E-state index in [4.69, 9.17) is 16.3 Å². The summed E-state index contributed by atoms with van der Waals surface area (Å²) in [5.41, 5.74) is 1.27. The first-order chi connectivity index (χ1) is 11.9. The van der Waals surface area contributed by atoms with E-state index < -0.39 is 0 Å². The minimum absolute atomic E-state index is 0.208. The Morgan fingerprint density at radius 1 is 1.32 bits per heavy atom. The van der Waals surface area contributed by atoms with Crippen LogP contribution in [-0.2, 0) is 11.3 Å². The van der Waals surface area contributed by atoms with E-state index in [0.717, 1.165) is 5.56 Å². The van der Waals surface area contributed by atoms with E-state index in [2.05, 4.69) is 10.3 Å². The number of amides is 1. The fraction of sp³-hybridized carbons (Fsp3) is 0.263. The lowest BCUT2D eigenvalue weighted by Crippen LogP contribution is -2.22. The highest BCUT2D eigenvalue weighted by molar-refractivity contribution is 6.30. The van der Waals surface area contributed by atoms with Gasteiger partial charge in [-0.3, -0.25) is 9.59 Å². The molecule has 2 aromatic rings. The zero-order valence-corrected chi connectivity index (χ0v) is 15.0. The first-order valence-corrected chi connectivity index (χ1v) is 8.37. The normalized spacial score (nSPS) is 11.0. The van der Waals surface area contributed by atoms with Crippen LogP contribution in [0.2, 0.25) is 5.02 Å². The molecule has 2 rings (SSSR count). The summed E-state index contributed by atoms with van der Waals surface area (Å²) in [4.78, 5) is 26.8. The van der Waals surface area contributed by atoms with Gasteiger partial charge in [0.25, 0.3) is 0 Å². The molecule has 1 aromatic heterocycles. The molecule has 0 bridgehead atoms. The maximum atomic E-state index is 12.0. The van der Waals surface area contributed by atoms with Crippen molar-refractivity contribution in [1.29, 1.82) is 0 Å². The molecular formula is C19H21ClN2O3. The predicted octanol–water partition coefficient (Wildman–Crippen LogP) is 3.39. The summed E-state index contributed by atoms with van der Waals surface area (Å²) in [5, 5.41) is 3.36. The molecule has 0 unspecified atom stereocenters. The Labute approximate surface area is 151 Å². The lowest BCUT2D eigenvalue weighted by Gasteiger charge is -2.08. The van der Waals surface area contributed by atoms with E-state index in [9.17, 15) is 9.59 Å². The van der Waals surface area contributed by atoms with E-state index in [-0.39, 0.29) is 23.6 Å². The van der Waals surface area contributed by atoms with Crippen molar-refractivity contribution in [3.63, 3.8) is 0 Å². The van der Waals surface area contributed by atoms with E-state index in [1.807, 2.05) is 26.0 Å². The Kier molecular flexibility index (Phi) is 6.83. The molecule has 25 heavy (non-hydrogen) atoms. The zero-order chi connectivity index (χ0) is 18.2. The van der Waals surface area contributed by atoms with Crippen molar-refractivity contribution in [2.75, 3.05) is 6.61 Å². The third-order valence-electron chi connectivity index (χ3n) is 3.26. The summed E-state index contributed by atoms with van der Waals surface area (Å²) in [6, 6.07) is 8.58. The van der Waals surface area contributed by atoms with Crippen LogP contribution in [0.1, 0.15) is 25.1 Å².